The van der Waals surface area contributed by atoms with Crippen LogP contribution in [0.3, 0.4) is 0 Å². The van der Waals surface area contributed by atoms with Crippen molar-refractivity contribution in [1.29, 1.82) is 0 Å². The Morgan fingerprint density at radius 2 is 1.69 bits per heavy atom. The Bertz CT molecular complexity index is 369. The van der Waals surface area contributed by atoms with Crippen molar-refractivity contribution in [3.05, 3.63) is 16.5 Å². The lowest BCUT2D eigenvalue weighted by molar-refractivity contribution is 0.389. The highest BCUT2D eigenvalue weighted by Crippen LogP contribution is 2.21. The van der Waals surface area contributed by atoms with Gasteiger partial charge in [0.1, 0.15) is 0 Å². The van der Waals surface area contributed by atoms with Crippen molar-refractivity contribution in [2.75, 3.05) is 11.9 Å². The summed E-state index contributed by atoms with van der Waals surface area (Å²) in [6.45, 7) is 11.3. The minimum absolute atomic E-state index is 0.312. The summed E-state index contributed by atoms with van der Waals surface area (Å²) < 4.78 is 0. The molecule has 0 saturated heterocycles. The molecule has 4 heteroatoms. The Morgan fingerprint density at radius 3 is 2.25 bits per heavy atom. The van der Waals surface area contributed by atoms with E-state index >= 15 is 0 Å². The first kappa shape index (κ1) is 13.2. The van der Waals surface area contributed by atoms with Gasteiger partial charge < -0.3 is 5.32 Å². The Kier molecular flexibility index (Phi) is 4.14. The Hall–Kier alpha value is -0.830. The summed E-state index contributed by atoms with van der Waals surface area (Å²) in [5, 5.41) is 3.69. The molecule has 1 N–H and O–H groups in total. The number of halogens is 1. The molecule has 90 valence electrons. The molecule has 0 unspecified atom stereocenters. The highest BCUT2D eigenvalue weighted by molar-refractivity contribution is 6.31. The summed E-state index contributed by atoms with van der Waals surface area (Å²) in [7, 11) is 0. The van der Waals surface area contributed by atoms with Gasteiger partial charge in [-0.3, -0.25) is 0 Å². The number of nitrogens with zero attached hydrogens (tertiary/aromatic N) is 2. The Labute approximate surface area is 103 Å². The van der Waals surface area contributed by atoms with Gasteiger partial charge in [0.25, 0.3) is 0 Å². The second-order valence-corrected chi connectivity index (χ2v) is 5.63. The van der Waals surface area contributed by atoms with E-state index in [0.717, 1.165) is 24.4 Å². The maximum absolute atomic E-state index is 6.02. The molecule has 0 bridgehead atoms. The number of hydrogen-bond donors (Lipinski definition) is 1. The normalized spacial score (nSPS) is 11.6. The fourth-order valence-corrected chi connectivity index (χ4v) is 1.48. The molecule has 0 aromatic carbocycles. The fourth-order valence-electron chi connectivity index (χ4n) is 1.24. The molecule has 1 rings (SSSR count). The van der Waals surface area contributed by atoms with E-state index in [1.54, 1.807) is 0 Å². The van der Waals surface area contributed by atoms with E-state index in [-0.39, 0.29) is 0 Å². The number of aryl methyl sites for hydroxylation is 2. The van der Waals surface area contributed by atoms with Crippen LogP contribution in [0.1, 0.15) is 38.6 Å². The first-order valence-corrected chi connectivity index (χ1v) is 5.92. The summed E-state index contributed by atoms with van der Waals surface area (Å²) in [5.74, 6) is 0.689. The van der Waals surface area contributed by atoms with E-state index in [2.05, 4.69) is 36.1 Å². The zero-order chi connectivity index (χ0) is 12.3. The predicted molar refractivity (Wildman–Crippen MR) is 69.1 cm³/mol. The van der Waals surface area contributed by atoms with Crippen LogP contribution in [0.5, 0.6) is 0 Å². The van der Waals surface area contributed by atoms with E-state index in [1.165, 1.54) is 0 Å². The van der Waals surface area contributed by atoms with E-state index in [1.807, 2.05) is 13.8 Å². The molecule has 0 aliphatic rings. The standard InChI is InChI=1S/C12H20ClN3/c1-8-9(2)16-11(10(13)15-8)14-7-6-12(3,4)5/h6-7H2,1-5H3,(H,14,16). The molecule has 0 spiro atoms. The van der Waals surface area contributed by atoms with Crippen LogP contribution in [-0.2, 0) is 0 Å². The smallest absolute Gasteiger partial charge is 0.171 e. The lowest BCUT2D eigenvalue weighted by Crippen LogP contribution is -2.14. The van der Waals surface area contributed by atoms with Gasteiger partial charge in [-0.15, -0.1) is 0 Å². The van der Waals surface area contributed by atoms with Crippen molar-refractivity contribution in [3.63, 3.8) is 0 Å². The molecule has 1 aromatic heterocycles. The molecule has 0 fully saturated rings. The summed E-state index contributed by atoms with van der Waals surface area (Å²) >= 11 is 6.02. The van der Waals surface area contributed by atoms with Gasteiger partial charge in [0.15, 0.2) is 11.0 Å². The molecular weight excluding hydrogens is 222 g/mol. The maximum Gasteiger partial charge on any atom is 0.171 e. The van der Waals surface area contributed by atoms with Crippen LogP contribution in [0.25, 0.3) is 0 Å². The van der Waals surface area contributed by atoms with Crippen LogP contribution in [0, 0.1) is 19.3 Å². The number of nitrogens with one attached hydrogen (secondary N) is 1. The second-order valence-electron chi connectivity index (χ2n) is 5.27. The van der Waals surface area contributed by atoms with E-state index in [9.17, 15) is 0 Å². The monoisotopic (exact) mass is 241 g/mol. The minimum atomic E-state index is 0.312. The summed E-state index contributed by atoms with van der Waals surface area (Å²) in [4.78, 5) is 8.61. The van der Waals surface area contributed by atoms with Crippen molar-refractivity contribution < 1.29 is 0 Å². The third kappa shape index (κ3) is 3.97. The summed E-state index contributed by atoms with van der Waals surface area (Å²) in [6, 6.07) is 0. The highest BCUT2D eigenvalue weighted by atomic mass is 35.5. The topological polar surface area (TPSA) is 37.8 Å². The van der Waals surface area contributed by atoms with Gasteiger partial charge in [-0.1, -0.05) is 32.4 Å². The van der Waals surface area contributed by atoms with Crippen molar-refractivity contribution in [3.8, 4) is 0 Å². The SMILES string of the molecule is Cc1nc(Cl)c(NCCC(C)(C)C)nc1C. The lowest BCUT2D eigenvalue weighted by atomic mass is 9.92. The van der Waals surface area contributed by atoms with Crippen LogP contribution in [0.4, 0.5) is 5.82 Å². The lowest BCUT2D eigenvalue weighted by Gasteiger charge is -2.18. The molecule has 0 amide bonds. The molecule has 0 atom stereocenters. The average Bonchev–Trinajstić information content (AvgIpc) is 2.11. The average molecular weight is 242 g/mol. The van der Waals surface area contributed by atoms with Gasteiger partial charge in [0.2, 0.25) is 0 Å². The molecule has 3 nitrogen and oxygen atoms in total. The molecular formula is C12H20ClN3. The van der Waals surface area contributed by atoms with E-state index in [0.29, 0.717) is 16.4 Å². The molecule has 1 heterocycles. The zero-order valence-corrected chi connectivity index (χ0v) is 11.4. The number of hydrogen-bond acceptors (Lipinski definition) is 3. The quantitative estimate of drug-likeness (QED) is 0.879. The summed E-state index contributed by atoms with van der Waals surface area (Å²) in [5.41, 5.74) is 2.11. The van der Waals surface area contributed by atoms with Crippen LogP contribution in [0.2, 0.25) is 5.15 Å². The first-order valence-electron chi connectivity index (χ1n) is 5.54. The summed E-state index contributed by atoms with van der Waals surface area (Å²) in [6.07, 6.45) is 1.07. The number of rotatable bonds is 3. The van der Waals surface area contributed by atoms with Crippen molar-refractivity contribution >= 4 is 17.4 Å². The zero-order valence-electron chi connectivity index (χ0n) is 10.7. The van der Waals surface area contributed by atoms with Gasteiger partial charge in [0.05, 0.1) is 11.4 Å². The van der Waals surface area contributed by atoms with Gasteiger partial charge >= 0.3 is 0 Å². The molecule has 0 radical (unpaired) electrons. The molecule has 0 saturated carbocycles. The maximum atomic E-state index is 6.02. The number of anilines is 1. The van der Waals surface area contributed by atoms with E-state index < -0.39 is 0 Å². The Balaban J connectivity index is 2.64. The minimum Gasteiger partial charge on any atom is -0.367 e. The molecule has 0 aliphatic carbocycles. The van der Waals surface area contributed by atoms with E-state index in [4.69, 9.17) is 11.6 Å². The predicted octanol–water partition coefficient (Wildman–Crippen LogP) is 3.59. The fraction of sp³-hybridized carbons (Fsp3) is 0.667. The molecule has 16 heavy (non-hydrogen) atoms. The van der Waals surface area contributed by atoms with Crippen molar-refractivity contribution in [2.45, 2.75) is 41.0 Å². The van der Waals surface area contributed by atoms with Gasteiger partial charge in [-0.25, -0.2) is 9.97 Å². The van der Waals surface area contributed by atoms with Crippen molar-refractivity contribution in [2.24, 2.45) is 5.41 Å². The van der Waals surface area contributed by atoms with Gasteiger partial charge in [0, 0.05) is 6.54 Å². The largest absolute Gasteiger partial charge is 0.367 e. The third-order valence-corrected chi connectivity index (χ3v) is 2.70. The van der Waals surface area contributed by atoms with Crippen LogP contribution in [-0.4, -0.2) is 16.5 Å². The van der Waals surface area contributed by atoms with Crippen LogP contribution >= 0.6 is 11.6 Å². The molecule has 0 aliphatic heterocycles. The first-order chi connectivity index (χ1) is 7.29. The van der Waals surface area contributed by atoms with Crippen molar-refractivity contribution in [1.82, 2.24) is 9.97 Å². The van der Waals surface area contributed by atoms with Crippen LogP contribution < -0.4 is 5.32 Å². The third-order valence-electron chi connectivity index (χ3n) is 2.43. The van der Waals surface area contributed by atoms with Gasteiger partial charge in [-0.05, 0) is 25.7 Å². The molecule has 1 aromatic rings. The van der Waals surface area contributed by atoms with Gasteiger partial charge in [-0.2, -0.15) is 0 Å². The highest BCUT2D eigenvalue weighted by Gasteiger charge is 2.11. The Morgan fingerprint density at radius 1 is 1.12 bits per heavy atom. The van der Waals surface area contributed by atoms with Crippen LogP contribution in [0.15, 0.2) is 0 Å². The second kappa shape index (κ2) is 5.00. The number of aromatic nitrogens is 2.